The summed E-state index contributed by atoms with van der Waals surface area (Å²) in [5, 5.41) is 4.02. The highest BCUT2D eigenvalue weighted by Crippen LogP contribution is 2.31. The van der Waals surface area contributed by atoms with Crippen LogP contribution in [0.25, 0.3) is 5.69 Å². The summed E-state index contributed by atoms with van der Waals surface area (Å²) in [6, 6.07) is 12.3. The molecule has 0 saturated heterocycles. The number of amides is 1. The van der Waals surface area contributed by atoms with Gasteiger partial charge in [0.1, 0.15) is 0 Å². The summed E-state index contributed by atoms with van der Waals surface area (Å²) in [4.78, 5) is 26.7. The molecular formula is C23H20F3N3O4. The molecule has 1 aliphatic heterocycles. The molecule has 0 fully saturated rings. The third-order valence-electron chi connectivity index (χ3n) is 5.34. The molecule has 2 heterocycles. The highest BCUT2D eigenvalue weighted by Gasteiger charge is 2.31. The Bertz CT molecular complexity index is 1190. The Hall–Kier alpha value is -3.82. The lowest BCUT2D eigenvalue weighted by Crippen LogP contribution is -2.38. The SMILES string of the molecule is COc1cn(-c2cccc(C(F)(F)F)c2)nc1C(=O)OCC(=O)N1CCc2ccccc2C1. The van der Waals surface area contributed by atoms with E-state index in [0.717, 1.165) is 22.4 Å². The van der Waals surface area contributed by atoms with E-state index in [1.54, 1.807) is 4.90 Å². The van der Waals surface area contributed by atoms with Crippen LogP contribution in [0.15, 0.2) is 54.7 Å². The molecule has 1 amide bonds. The van der Waals surface area contributed by atoms with Crippen LogP contribution in [0.2, 0.25) is 0 Å². The lowest BCUT2D eigenvalue weighted by Gasteiger charge is -2.28. The van der Waals surface area contributed by atoms with Crippen LogP contribution in [0.4, 0.5) is 13.2 Å². The largest absolute Gasteiger partial charge is 0.493 e. The molecule has 4 rings (SSSR count). The zero-order valence-corrected chi connectivity index (χ0v) is 17.6. The predicted molar refractivity (Wildman–Crippen MR) is 111 cm³/mol. The first-order valence-electron chi connectivity index (χ1n) is 10.1. The van der Waals surface area contributed by atoms with Crippen LogP contribution in [0, 0.1) is 0 Å². The maximum Gasteiger partial charge on any atom is 0.416 e. The Balaban J connectivity index is 1.45. The molecule has 0 radical (unpaired) electrons. The molecule has 0 spiro atoms. The van der Waals surface area contributed by atoms with Crippen LogP contribution in [0.3, 0.4) is 0 Å². The minimum atomic E-state index is -4.52. The maximum atomic E-state index is 13.0. The summed E-state index contributed by atoms with van der Waals surface area (Å²) in [6.07, 6.45) is -2.54. The van der Waals surface area contributed by atoms with Gasteiger partial charge in [0, 0.05) is 13.1 Å². The van der Waals surface area contributed by atoms with E-state index >= 15 is 0 Å². The van der Waals surface area contributed by atoms with E-state index in [0.29, 0.717) is 19.5 Å². The van der Waals surface area contributed by atoms with E-state index in [9.17, 15) is 22.8 Å². The van der Waals surface area contributed by atoms with Crippen molar-refractivity contribution in [2.24, 2.45) is 0 Å². The molecule has 1 aromatic heterocycles. The topological polar surface area (TPSA) is 73.7 Å². The standard InChI is InChI=1S/C23H20F3N3O4/c1-32-19-13-29(18-8-4-7-17(11-18)23(24,25)26)27-21(19)22(31)33-14-20(30)28-10-9-15-5-2-3-6-16(15)12-28/h2-8,11,13H,9-10,12,14H2,1H3. The van der Waals surface area contributed by atoms with Crippen LogP contribution < -0.4 is 4.74 Å². The molecule has 0 bridgehead atoms. The Kier molecular flexibility index (Phi) is 6.08. The first-order valence-corrected chi connectivity index (χ1v) is 10.1. The van der Waals surface area contributed by atoms with Gasteiger partial charge in [-0.2, -0.15) is 18.3 Å². The molecule has 0 saturated carbocycles. The normalized spacial score (nSPS) is 13.4. The van der Waals surface area contributed by atoms with Crippen molar-refractivity contribution in [3.05, 3.63) is 77.1 Å². The van der Waals surface area contributed by atoms with E-state index in [-0.39, 0.29) is 23.0 Å². The zero-order valence-electron chi connectivity index (χ0n) is 17.6. The Morgan fingerprint density at radius 2 is 1.85 bits per heavy atom. The van der Waals surface area contributed by atoms with Gasteiger partial charge < -0.3 is 14.4 Å². The van der Waals surface area contributed by atoms with Crippen molar-refractivity contribution in [3.63, 3.8) is 0 Å². The van der Waals surface area contributed by atoms with E-state index in [1.165, 1.54) is 31.0 Å². The highest BCUT2D eigenvalue weighted by molar-refractivity contribution is 5.92. The fraction of sp³-hybridized carbons (Fsp3) is 0.261. The summed E-state index contributed by atoms with van der Waals surface area (Å²) < 4.78 is 50.4. The fourth-order valence-corrected chi connectivity index (χ4v) is 3.60. The molecule has 0 N–H and O–H groups in total. The second-order valence-corrected chi connectivity index (χ2v) is 7.45. The second kappa shape index (κ2) is 8.97. The van der Waals surface area contributed by atoms with Crippen LogP contribution in [0.1, 0.15) is 27.2 Å². The minimum Gasteiger partial charge on any atom is -0.493 e. The van der Waals surface area contributed by atoms with E-state index < -0.39 is 24.3 Å². The van der Waals surface area contributed by atoms with Crippen molar-refractivity contribution in [1.29, 1.82) is 0 Å². The Labute approximate surface area is 187 Å². The first kappa shape index (κ1) is 22.4. The van der Waals surface area contributed by atoms with E-state index in [2.05, 4.69) is 5.10 Å². The van der Waals surface area contributed by atoms with Gasteiger partial charge in [0.25, 0.3) is 5.91 Å². The number of methoxy groups -OCH3 is 1. The Morgan fingerprint density at radius 1 is 1.09 bits per heavy atom. The third kappa shape index (κ3) is 4.84. The van der Waals surface area contributed by atoms with Crippen molar-refractivity contribution in [2.75, 3.05) is 20.3 Å². The summed E-state index contributed by atoms with van der Waals surface area (Å²) in [6.45, 7) is 0.460. The third-order valence-corrected chi connectivity index (χ3v) is 5.34. The predicted octanol–water partition coefficient (Wildman–Crippen LogP) is 3.64. The molecule has 3 aromatic rings. The number of ether oxygens (including phenoxy) is 2. The summed E-state index contributed by atoms with van der Waals surface area (Å²) >= 11 is 0. The number of carbonyl (C=O) groups excluding carboxylic acids is 2. The molecule has 0 atom stereocenters. The van der Waals surface area contributed by atoms with Gasteiger partial charge in [-0.3, -0.25) is 4.79 Å². The van der Waals surface area contributed by atoms with Crippen LogP contribution >= 0.6 is 0 Å². The fourth-order valence-electron chi connectivity index (χ4n) is 3.60. The number of halogens is 3. The zero-order chi connectivity index (χ0) is 23.6. The van der Waals surface area contributed by atoms with Crippen molar-refractivity contribution in [1.82, 2.24) is 14.7 Å². The van der Waals surface area contributed by atoms with Crippen LogP contribution in [-0.4, -0.2) is 46.8 Å². The Morgan fingerprint density at radius 3 is 2.58 bits per heavy atom. The van der Waals surface area contributed by atoms with Gasteiger partial charge in [-0.05, 0) is 35.7 Å². The molecule has 2 aromatic carbocycles. The number of aromatic nitrogens is 2. The number of carbonyl (C=O) groups is 2. The van der Waals surface area contributed by atoms with Crippen molar-refractivity contribution in [3.8, 4) is 11.4 Å². The molecule has 10 heteroatoms. The number of esters is 1. The number of hydrogen-bond donors (Lipinski definition) is 0. The van der Waals surface area contributed by atoms with Crippen molar-refractivity contribution < 1.29 is 32.2 Å². The minimum absolute atomic E-state index is 0.0109. The quantitative estimate of drug-likeness (QED) is 0.545. The number of hydrogen-bond acceptors (Lipinski definition) is 5. The van der Waals surface area contributed by atoms with Gasteiger partial charge in [-0.1, -0.05) is 30.3 Å². The molecule has 0 unspecified atom stereocenters. The average molecular weight is 459 g/mol. The van der Waals surface area contributed by atoms with Gasteiger partial charge in [-0.25, -0.2) is 9.48 Å². The van der Waals surface area contributed by atoms with Crippen LogP contribution in [-0.2, 0) is 28.7 Å². The molecule has 33 heavy (non-hydrogen) atoms. The second-order valence-electron chi connectivity index (χ2n) is 7.45. The number of alkyl halides is 3. The average Bonchev–Trinajstić information content (AvgIpc) is 3.26. The molecule has 172 valence electrons. The van der Waals surface area contributed by atoms with Gasteiger partial charge in [0.2, 0.25) is 5.69 Å². The monoisotopic (exact) mass is 459 g/mol. The summed E-state index contributed by atoms with van der Waals surface area (Å²) in [5.41, 5.74) is 1.22. The van der Waals surface area contributed by atoms with Crippen molar-refractivity contribution >= 4 is 11.9 Å². The maximum absolute atomic E-state index is 13.0. The van der Waals surface area contributed by atoms with Crippen molar-refractivity contribution in [2.45, 2.75) is 19.1 Å². The molecular weight excluding hydrogens is 439 g/mol. The van der Waals surface area contributed by atoms with Gasteiger partial charge in [0.05, 0.1) is 24.6 Å². The summed E-state index contributed by atoms with van der Waals surface area (Å²) in [7, 11) is 1.29. The van der Waals surface area contributed by atoms with Gasteiger partial charge >= 0.3 is 12.1 Å². The summed E-state index contributed by atoms with van der Waals surface area (Å²) in [5.74, 6) is -1.26. The lowest BCUT2D eigenvalue weighted by molar-refractivity contribution is -0.137. The van der Waals surface area contributed by atoms with Gasteiger partial charge in [0.15, 0.2) is 12.4 Å². The van der Waals surface area contributed by atoms with E-state index in [1.807, 2.05) is 24.3 Å². The first-order chi connectivity index (χ1) is 15.8. The lowest BCUT2D eigenvalue weighted by atomic mass is 10.00. The van der Waals surface area contributed by atoms with Gasteiger partial charge in [-0.15, -0.1) is 0 Å². The molecule has 0 aliphatic carbocycles. The number of fused-ring (bicyclic) bond motifs is 1. The smallest absolute Gasteiger partial charge is 0.416 e. The van der Waals surface area contributed by atoms with Crippen LogP contribution in [0.5, 0.6) is 5.75 Å². The molecule has 1 aliphatic rings. The highest BCUT2D eigenvalue weighted by atomic mass is 19.4. The molecule has 7 nitrogen and oxygen atoms in total. The number of benzene rings is 2. The van der Waals surface area contributed by atoms with E-state index in [4.69, 9.17) is 9.47 Å². The number of nitrogens with zero attached hydrogens (tertiary/aromatic N) is 3. The number of rotatable bonds is 5.